The molecule has 0 heterocycles. The Labute approximate surface area is 84.9 Å². The molecule has 0 saturated heterocycles. The molecule has 0 aliphatic heterocycles. The smallest absolute Gasteiger partial charge is 0.129 e. The second-order valence-electron chi connectivity index (χ2n) is 3.38. The van der Waals surface area contributed by atoms with Gasteiger partial charge in [0.1, 0.15) is 5.78 Å². The van der Waals surface area contributed by atoms with Crippen molar-refractivity contribution in [2.45, 2.75) is 25.9 Å². The largest absolute Gasteiger partial charge is 0.377 e. The van der Waals surface area contributed by atoms with Gasteiger partial charge in [-0.2, -0.15) is 0 Å². The van der Waals surface area contributed by atoms with Crippen LogP contribution in [-0.4, -0.2) is 12.9 Å². The summed E-state index contributed by atoms with van der Waals surface area (Å²) < 4.78 is 5.33. The van der Waals surface area contributed by atoms with Crippen molar-refractivity contribution in [3.05, 3.63) is 35.9 Å². The van der Waals surface area contributed by atoms with Crippen LogP contribution in [0.25, 0.3) is 0 Å². The van der Waals surface area contributed by atoms with Gasteiger partial charge in [-0.3, -0.25) is 0 Å². The summed E-state index contributed by atoms with van der Waals surface area (Å²) in [6.45, 7) is 1.61. The number of hydrogen-bond donors (Lipinski definition) is 0. The zero-order chi connectivity index (χ0) is 10.4. The van der Waals surface area contributed by atoms with E-state index in [4.69, 9.17) is 4.74 Å². The number of ether oxygens (including phenoxy) is 1. The Bertz CT molecular complexity index is 280. The summed E-state index contributed by atoms with van der Waals surface area (Å²) >= 11 is 0. The summed E-state index contributed by atoms with van der Waals surface area (Å²) in [5.41, 5.74) is 1.14. The van der Waals surface area contributed by atoms with Gasteiger partial charge in [-0.05, 0) is 18.9 Å². The fourth-order valence-electron chi connectivity index (χ4n) is 1.42. The molecule has 1 unspecified atom stereocenters. The number of carbonyl (C=O) groups is 1. The zero-order valence-electron chi connectivity index (χ0n) is 8.69. The standard InChI is InChI=1S/C12H16O2/c1-10(13)8-9-12(14-2)11-6-4-3-5-7-11/h3-7,12H,8-9H2,1-2H3. The minimum atomic E-state index is 0.0418. The summed E-state index contributed by atoms with van der Waals surface area (Å²) in [5.74, 6) is 0.211. The monoisotopic (exact) mass is 192 g/mol. The first kappa shape index (κ1) is 10.9. The van der Waals surface area contributed by atoms with Crippen LogP contribution in [0, 0.1) is 0 Å². The lowest BCUT2D eigenvalue weighted by Crippen LogP contribution is -2.03. The van der Waals surface area contributed by atoms with Crippen molar-refractivity contribution < 1.29 is 9.53 Å². The Morgan fingerprint density at radius 2 is 2.00 bits per heavy atom. The first-order valence-corrected chi connectivity index (χ1v) is 4.81. The molecule has 0 aliphatic carbocycles. The molecule has 0 fully saturated rings. The summed E-state index contributed by atoms with van der Waals surface area (Å²) in [6, 6.07) is 9.98. The van der Waals surface area contributed by atoms with Crippen LogP contribution in [0.1, 0.15) is 31.4 Å². The van der Waals surface area contributed by atoms with Crippen LogP contribution in [0.2, 0.25) is 0 Å². The average Bonchev–Trinajstić information content (AvgIpc) is 2.20. The summed E-state index contributed by atoms with van der Waals surface area (Å²) in [4.78, 5) is 10.8. The highest BCUT2D eigenvalue weighted by molar-refractivity contribution is 5.75. The van der Waals surface area contributed by atoms with Crippen molar-refractivity contribution in [1.29, 1.82) is 0 Å². The Hall–Kier alpha value is -1.15. The molecule has 1 aromatic rings. The first-order chi connectivity index (χ1) is 6.74. The van der Waals surface area contributed by atoms with E-state index in [1.165, 1.54) is 0 Å². The quantitative estimate of drug-likeness (QED) is 0.717. The van der Waals surface area contributed by atoms with Crippen LogP contribution in [0.3, 0.4) is 0 Å². The molecule has 0 amide bonds. The number of Topliss-reactive ketones (excluding diaryl/α,β-unsaturated/α-hetero) is 1. The van der Waals surface area contributed by atoms with Gasteiger partial charge in [-0.15, -0.1) is 0 Å². The fraction of sp³-hybridized carbons (Fsp3) is 0.417. The van der Waals surface area contributed by atoms with Gasteiger partial charge in [-0.1, -0.05) is 30.3 Å². The molecule has 0 aromatic heterocycles. The molecular formula is C12H16O2. The molecule has 1 aromatic carbocycles. The summed E-state index contributed by atoms with van der Waals surface area (Å²) in [5, 5.41) is 0. The van der Waals surface area contributed by atoms with Crippen LogP contribution in [-0.2, 0) is 9.53 Å². The maximum atomic E-state index is 10.8. The third-order valence-electron chi connectivity index (χ3n) is 2.21. The van der Waals surface area contributed by atoms with E-state index in [-0.39, 0.29) is 11.9 Å². The molecule has 0 spiro atoms. The maximum Gasteiger partial charge on any atom is 0.129 e. The molecular weight excluding hydrogens is 176 g/mol. The van der Waals surface area contributed by atoms with E-state index >= 15 is 0 Å². The van der Waals surface area contributed by atoms with E-state index in [0.717, 1.165) is 12.0 Å². The van der Waals surface area contributed by atoms with Crippen molar-refractivity contribution in [1.82, 2.24) is 0 Å². The van der Waals surface area contributed by atoms with Gasteiger partial charge >= 0.3 is 0 Å². The predicted octanol–water partition coefficient (Wildman–Crippen LogP) is 2.74. The molecule has 2 heteroatoms. The lowest BCUT2D eigenvalue weighted by Gasteiger charge is -2.14. The van der Waals surface area contributed by atoms with Gasteiger partial charge in [0, 0.05) is 13.5 Å². The molecule has 0 saturated carbocycles. The Morgan fingerprint density at radius 3 is 2.50 bits per heavy atom. The minimum absolute atomic E-state index is 0.0418. The normalized spacial score (nSPS) is 12.4. The molecule has 0 bridgehead atoms. The molecule has 0 N–H and O–H groups in total. The Morgan fingerprint density at radius 1 is 1.36 bits per heavy atom. The van der Waals surface area contributed by atoms with Gasteiger partial charge < -0.3 is 9.53 Å². The van der Waals surface area contributed by atoms with Crippen molar-refractivity contribution >= 4 is 5.78 Å². The van der Waals surface area contributed by atoms with Crippen molar-refractivity contribution in [2.24, 2.45) is 0 Å². The molecule has 0 aliphatic rings. The van der Waals surface area contributed by atoms with E-state index in [9.17, 15) is 4.79 Å². The maximum absolute atomic E-state index is 10.8. The predicted molar refractivity (Wildman–Crippen MR) is 56.1 cm³/mol. The van der Waals surface area contributed by atoms with Crippen molar-refractivity contribution in [3.63, 3.8) is 0 Å². The average molecular weight is 192 g/mol. The van der Waals surface area contributed by atoms with Gasteiger partial charge in [-0.25, -0.2) is 0 Å². The highest BCUT2D eigenvalue weighted by Crippen LogP contribution is 2.21. The third kappa shape index (κ3) is 3.30. The Balaban J connectivity index is 2.58. The molecule has 76 valence electrons. The molecule has 14 heavy (non-hydrogen) atoms. The second kappa shape index (κ2) is 5.55. The van der Waals surface area contributed by atoms with Crippen LogP contribution >= 0.6 is 0 Å². The Kier molecular flexibility index (Phi) is 4.33. The molecule has 1 atom stereocenters. The van der Waals surface area contributed by atoms with Gasteiger partial charge in [0.25, 0.3) is 0 Å². The molecule has 0 radical (unpaired) electrons. The van der Waals surface area contributed by atoms with Crippen molar-refractivity contribution in [3.8, 4) is 0 Å². The highest BCUT2D eigenvalue weighted by Gasteiger charge is 2.10. The lowest BCUT2D eigenvalue weighted by molar-refractivity contribution is -0.117. The number of ketones is 1. The first-order valence-electron chi connectivity index (χ1n) is 4.81. The van der Waals surface area contributed by atoms with E-state index in [1.54, 1.807) is 14.0 Å². The van der Waals surface area contributed by atoms with Crippen LogP contribution < -0.4 is 0 Å². The number of carbonyl (C=O) groups excluding carboxylic acids is 1. The SMILES string of the molecule is COC(CCC(C)=O)c1ccccc1. The van der Waals surface area contributed by atoms with Crippen LogP contribution in [0.4, 0.5) is 0 Å². The van der Waals surface area contributed by atoms with Gasteiger partial charge in [0.2, 0.25) is 0 Å². The zero-order valence-corrected chi connectivity index (χ0v) is 8.69. The van der Waals surface area contributed by atoms with E-state index in [2.05, 4.69) is 0 Å². The van der Waals surface area contributed by atoms with Gasteiger partial charge in [0.05, 0.1) is 6.10 Å². The third-order valence-corrected chi connectivity index (χ3v) is 2.21. The van der Waals surface area contributed by atoms with E-state index in [1.807, 2.05) is 30.3 Å². The van der Waals surface area contributed by atoms with Crippen molar-refractivity contribution in [2.75, 3.05) is 7.11 Å². The fourth-order valence-corrected chi connectivity index (χ4v) is 1.42. The van der Waals surface area contributed by atoms with Gasteiger partial charge in [0.15, 0.2) is 0 Å². The second-order valence-corrected chi connectivity index (χ2v) is 3.38. The molecule has 2 nitrogen and oxygen atoms in total. The van der Waals surface area contributed by atoms with E-state index < -0.39 is 0 Å². The number of methoxy groups -OCH3 is 1. The lowest BCUT2D eigenvalue weighted by atomic mass is 10.0. The number of hydrogen-bond acceptors (Lipinski definition) is 2. The summed E-state index contributed by atoms with van der Waals surface area (Å²) in [6.07, 6.45) is 1.38. The van der Waals surface area contributed by atoms with Crippen LogP contribution in [0.5, 0.6) is 0 Å². The number of rotatable bonds is 5. The number of benzene rings is 1. The van der Waals surface area contributed by atoms with Crippen LogP contribution in [0.15, 0.2) is 30.3 Å². The molecule has 1 rings (SSSR count). The summed E-state index contributed by atoms with van der Waals surface area (Å²) in [7, 11) is 1.68. The topological polar surface area (TPSA) is 26.3 Å². The minimum Gasteiger partial charge on any atom is -0.377 e. The van der Waals surface area contributed by atoms with E-state index in [0.29, 0.717) is 6.42 Å². The highest BCUT2D eigenvalue weighted by atomic mass is 16.5.